The lowest BCUT2D eigenvalue weighted by Crippen LogP contribution is -2.42. The average molecular weight is 351 g/mol. The van der Waals surface area contributed by atoms with Gasteiger partial charge in [-0.3, -0.25) is 9.59 Å². The molecule has 0 aliphatic heterocycles. The Hall–Kier alpha value is -2.22. The SMILES string of the molecule is CCC(CC)(CNC(=O)CCc1nc(-c2cccs2)no1)C(=O)O. The van der Waals surface area contributed by atoms with Crippen LogP contribution in [0.1, 0.15) is 39.0 Å². The van der Waals surface area contributed by atoms with E-state index in [2.05, 4.69) is 15.5 Å². The van der Waals surface area contributed by atoms with Crippen LogP contribution >= 0.6 is 11.3 Å². The highest BCUT2D eigenvalue weighted by atomic mass is 32.1. The minimum absolute atomic E-state index is 0.123. The first-order valence-corrected chi connectivity index (χ1v) is 8.75. The number of aromatic nitrogens is 2. The van der Waals surface area contributed by atoms with Gasteiger partial charge in [-0.1, -0.05) is 25.1 Å². The van der Waals surface area contributed by atoms with Crippen LogP contribution in [0.5, 0.6) is 0 Å². The second kappa shape index (κ2) is 8.05. The molecular weight excluding hydrogens is 330 g/mol. The molecule has 0 radical (unpaired) electrons. The van der Waals surface area contributed by atoms with Gasteiger partial charge in [-0.25, -0.2) is 0 Å². The molecule has 2 heterocycles. The first-order valence-electron chi connectivity index (χ1n) is 7.87. The highest BCUT2D eigenvalue weighted by Crippen LogP contribution is 2.25. The van der Waals surface area contributed by atoms with E-state index in [1.165, 1.54) is 11.3 Å². The average Bonchev–Trinajstić information content (AvgIpc) is 3.25. The van der Waals surface area contributed by atoms with E-state index < -0.39 is 11.4 Å². The minimum atomic E-state index is -0.910. The number of aryl methyl sites for hydroxylation is 1. The number of carboxylic acid groups (broad SMARTS) is 1. The molecular formula is C16H21N3O4S. The minimum Gasteiger partial charge on any atom is -0.481 e. The fourth-order valence-electron chi connectivity index (χ4n) is 2.32. The molecule has 0 aromatic carbocycles. The zero-order valence-electron chi connectivity index (χ0n) is 13.7. The molecule has 0 spiro atoms. The van der Waals surface area contributed by atoms with Gasteiger partial charge >= 0.3 is 5.97 Å². The Morgan fingerprint density at radius 1 is 1.38 bits per heavy atom. The van der Waals surface area contributed by atoms with Gasteiger partial charge in [0.2, 0.25) is 17.6 Å². The number of carbonyl (C=O) groups excluding carboxylic acids is 1. The summed E-state index contributed by atoms with van der Waals surface area (Å²) in [6, 6.07) is 3.80. The van der Waals surface area contributed by atoms with Gasteiger partial charge in [0.25, 0.3) is 0 Å². The van der Waals surface area contributed by atoms with Crippen molar-refractivity contribution in [2.75, 3.05) is 6.54 Å². The van der Waals surface area contributed by atoms with E-state index in [4.69, 9.17) is 4.52 Å². The normalized spacial score (nSPS) is 11.4. The summed E-state index contributed by atoms with van der Waals surface area (Å²) in [5.74, 6) is -0.199. The summed E-state index contributed by atoms with van der Waals surface area (Å²) >= 11 is 1.51. The molecule has 2 N–H and O–H groups in total. The topological polar surface area (TPSA) is 105 Å². The lowest BCUT2D eigenvalue weighted by atomic mass is 9.82. The maximum absolute atomic E-state index is 12.0. The molecule has 24 heavy (non-hydrogen) atoms. The van der Waals surface area contributed by atoms with Crippen molar-refractivity contribution in [1.29, 1.82) is 0 Å². The van der Waals surface area contributed by atoms with Crippen molar-refractivity contribution in [3.05, 3.63) is 23.4 Å². The Morgan fingerprint density at radius 2 is 2.12 bits per heavy atom. The summed E-state index contributed by atoms with van der Waals surface area (Å²) in [5.41, 5.74) is -0.910. The van der Waals surface area contributed by atoms with Crippen molar-refractivity contribution in [1.82, 2.24) is 15.5 Å². The molecule has 0 atom stereocenters. The molecule has 8 heteroatoms. The van der Waals surface area contributed by atoms with Crippen molar-refractivity contribution in [2.45, 2.75) is 39.5 Å². The summed E-state index contributed by atoms with van der Waals surface area (Å²) in [5, 5.41) is 17.9. The van der Waals surface area contributed by atoms with Gasteiger partial charge in [0.1, 0.15) is 0 Å². The van der Waals surface area contributed by atoms with Crippen LogP contribution in [0, 0.1) is 5.41 Å². The number of rotatable bonds is 9. The van der Waals surface area contributed by atoms with Gasteiger partial charge in [-0.05, 0) is 24.3 Å². The van der Waals surface area contributed by atoms with E-state index >= 15 is 0 Å². The monoisotopic (exact) mass is 351 g/mol. The Morgan fingerprint density at radius 3 is 2.71 bits per heavy atom. The van der Waals surface area contributed by atoms with Crippen molar-refractivity contribution in [2.24, 2.45) is 5.41 Å². The number of thiophene rings is 1. The molecule has 2 aromatic heterocycles. The van der Waals surface area contributed by atoms with Crippen LogP contribution in [-0.2, 0) is 16.0 Å². The van der Waals surface area contributed by atoms with E-state index in [0.29, 0.717) is 31.0 Å². The summed E-state index contributed by atoms with van der Waals surface area (Å²) in [6.07, 6.45) is 1.43. The van der Waals surface area contributed by atoms with Crippen LogP contribution in [0.3, 0.4) is 0 Å². The van der Waals surface area contributed by atoms with E-state index in [1.54, 1.807) is 0 Å². The molecule has 2 aromatic rings. The largest absolute Gasteiger partial charge is 0.481 e. The summed E-state index contributed by atoms with van der Waals surface area (Å²) in [7, 11) is 0. The van der Waals surface area contributed by atoms with Crippen molar-refractivity contribution in [3.63, 3.8) is 0 Å². The number of amides is 1. The second-order valence-corrected chi connectivity index (χ2v) is 6.51. The quantitative estimate of drug-likeness (QED) is 0.719. The fourth-order valence-corrected chi connectivity index (χ4v) is 2.97. The highest BCUT2D eigenvalue weighted by Gasteiger charge is 2.35. The number of carboxylic acids is 1. The zero-order valence-corrected chi connectivity index (χ0v) is 14.6. The number of hydrogen-bond donors (Lipinski definition) is 2. The number of hydrogen-bond acceptors (Lipinski definition) is 6. The predicted octanol–water partition coefficient (Wildman–Crippen LogP) is 2.74. The van der Waals surface area contributed by atoms with Crippen molar-refractivity contribution >= 4 is 23.2 Å². The van der Waals surface area contributed by atoms with Crippen molar-refractivity contribution in [3.8, 4) is 10.7 Å². The Labute approximate surface area is 144 Å². The maximum atomic E-state index is 12.0. The number of carbonyl (C=O) groups is 2. The van der Waals surface area contributed by atoms with Gasteiger partial charge in [0, 0.05) is 19.4 Å². The molecule has 0 aliphatic carbocycles. The lowest BCUT2D eigenvalue weighted by Gasteiger charge is -2.26. The number of aliphatic carboxylic acids is 1. The first kappa shape index (κ1) is 18.1. The van der Waals surface area contributed by atoms with Gasteiger partial charge in [-0.2, -0.15) is 4.98 Å². The Balaban J connectivity index is 1.84. The molecule has 0 bridgehead atoms. The van der Waals surface area contributed by atoms with Crippen LogP contribution in [0.4, 0.5) is 0 Å². The first-order chi connectivity index (χ1) is 11.5. The van der Waals surface area contributed by atoms with Crippen LogP contribution in [0.25, 0.3) is 10.7 Å². The zero-order chi connectivity index (χ0) is 17.6. The predicted molar refractivity (Wildman–Crippen MR) is 89.6 cm³/mol. The molecule has 0 saturated heterocycles. The third kappa shape index (κ3) is 4.19. The second-order valence-electron chi connectivity index (χ2n) is 5.56. The van der Waals surface area contributed by atoms with Crippen LogP contribution < -0.4 is 5.32 Å². The van der Waals surface area contributed by atoms with Crippen LogP contribution in [0.15, 0.2) is 22.0 Å². The van der Waals surface area contributed by atoms with Gasteiger partial charge in [-0.15, -0.1) is 11.3 Å². The summed E-state index contributed by atoms with van der Waals surface area (Å²) in [6.45, 7) is 3.75. The van der Waals surface area contributed by atoms with E-state index in [1.807, 2.05) is 31.4 Å². The van der Waals surface area contributed by atoms with E-state index in [-0.39, 0.29) is 18.9 Å². The highest BCUT2D eigenvalue weighted by molar-refractivity contribution is 7.13. The maximum Gasteiger partial charge on any atom is 0.311 e. The molecule has 0 saturated carbocycles. The summed E-state index contributed by atoms with van der Waals surface area (Å²) < 4.78 is 5.14. The van der Waals surface area contributed by atoms with E-state index in [0.717, 1.165) is 4.88 Å². The fraction of sp³-hybridized carbons (Fsp3) is 0.500. The van der Waals surface area contributed by atoms with Crippen LogP contribution in [-0.4, -0.2) is 33.7 Å². The summed E-state index contributed by atoms with van der Waals surface area (Å²) in [4.78, 5) is 28.5. The number of nitrogens with one attached hydrogen (secondary N) is 1. The smallest absolute Gasteiger partial charge is 0.311 e. The third-order valence-electron chi connectivity index (χ3n) is 4.21. The van der Waals surface area contributed by atoms with Gasteiger partial charge < -0.3 is 14.9 Å². The molecule has 0 fully saturated rings. The molecule has 1 amide bonds. The van der Waals surface area contributed by atoms with Gasteiger partial charge in [0.15, 0.2) is 0 Å². The van der Waals surface area contributed by atoms with Gasteiger partial charge in [0.05, 0.1) is 10.3 Å². The molecule has 7 nitrogen and oxygen atoms in total. The molecule has 2 rings (SSSR count). The molecule has 130 valence electrons. The third-order valence-corrected chi connectivity index (χ3v) is 5.07. The number of nitrogens with zero attached hydrogens (tertiary/aromatic N) is 2. The Bertz CT molecular complexity index is 677. The molecule has 0 aliphatic rings. The van der Waals surface area contributed by atoms with Crippen LogP contribution in [0.2, 0.25) is 0 Å². The lowest BCUT2D eigenvalue weighted by molar-refractivity contribution is -0.149. The standard InChI is InChI=1S/C16H21N3O4S/c1-3-16(4-2,15(21)22)10-17-12(20)7-8-13-18-14(19-23-13)11-6-5-9-24-11/h5-6,9H,3-4,7-8,10H2,1-2H3,(H,17,20)(H,21,22). The Kier molecular flexibility index (Phi) is 6.08. The molecule has 0 unspecified atom stereocenters. The van der Waals surface area contributed by atoms with E-state index in [9.17, 15) is 14.7 Å². The van der Waals surface area contributed by atoms with Crippen molar-refractivity contribution < 1.29 is 19.2 Å².